The molecule has 220 valence electrons. The Morgan fingerprint density at radius 2 is 1.74 bits per heavy atom. The summed E-state index contributed by atoms with van der Waals surface area (Å²) in [7, 11) is 3.87. The van der Waals surface area contributed by atoms with Gasteiger partial charge in [-0.1, -0.05) is 6.07 Å². The summed E-state index contributed by atoms with van der Waals surface area (Å²) < 4.78 is 32.9. The fourth-order valence-corrected chi connectivity index (χ4v) is 4.95. The van der Waals surface area contributed by atoms with Gasteiger partial charge in [-0.15, -0.1) is 0 Å². The third-order valence-corrected chi connectivity index (χ3v) is 7.14. The maximum absolute atomic E-state index is 13.7. The van der Waals surface area contributed by atoms with Crippen molar-refractivity contribution in [2.24, 2.45) is 0 Å². The molecule has 5 rings (SSSR count). The number of rotatable bonds is 10. The number of ether oxygens (including phenoxy) is 1. The zero-order valence-corrected chi connectivity index (χ0v) is 23.6. The van der Waals surface area contributed by atoms with E-state index in [-0.39, 0.29) is 11.9 Å². The molecule has 1 fully saturated rings. The Kier molecular flexibility index (Phi) is 9.09. The van der Waals surface area contributed by atoms with Gasteiger partial charge in [-0.25, -0.2) is 8.78 Å². The lowest BCUT2D eigenvalue weighted by Crippen LogP contribution is -2.32. The standard InChI is InChI=1S/C31H34F2N6O3/c1-39(2)10-9-34-30(40)21-4-5-25(28(17-21)35-24-7-11-42-12-8-24)31(41)36-29-26-16-19(3-6-27(26)37-38-29)13-20-14-22(32)18-23(33)15-20/h3-6,14-18,24,35H,7-13H2,1-2H3,(H,34,40)(H2,36,37,38,41). The van der Waals surface area contributed by atoms with Crippen molar-refractivity contribution in [3.8, 4) is 0 Å². The minimum atomic E-state index is -0.635. The van der Waals surface area contributed by atoms with E-state index in [0.717, 1.165) is 24.5 Å². The van der Waals surface area contributed by atoms with E-state index in [1.165, 1.54) is 12.1 Å². The fraction of sp³-hybridized carbons (Fsp3) is 0.323. The van der Waals surface area contributed by atoms with E-state index in [1.807, 2.05) is 37.2 Å². The Morgan fingerprint density at radius 1 is 0.976 bits per heavy atom. The molecule has 0 aliphatic carbocycles. The van der Waals surface area contributed by atoms with E-state index < -0.39 is 17.5 Å². The van der Waals surface area contributed by atoms with E-state index >= 15 is 0 Å². The monoisotopic (exact) mass is 576 g/mol. The summed E-state index contributed by atoms with van der Waals surface area (Å²) in [5.74, 6) is -1.56. The maximum Gasteiger partial charge on any atom is 0.258 e. The van der Waals surface area contributed by atoms with Gasteiger partial charge in [0, 0.05) is 55.0 Å². The largest absolute Gasteiger partial charge is 0.381 e. The molecule has 0 atom stereocenters. The highest BCUT2D eigenvalue weighted by molar-refractivity contribution is 6.11. The number of anilines is 2. The van der Waals surface area contributed by atoms with Gasteiger partial charge < -0.3 is 25.6 Å². The third-order valence-electron chi connectivity index (χ3n) is 7.14. The number of fused-ring (bicyclic) bond motifs is 1. The number of aromatic amines is 1. The van der Waals surface area contributed by atoms with Gasteiger partial charge >= 0.3 is 0 Å². The summed E-state index contributed by atoms with van der Waals surface area (Å²) in [6.45, 7) is 2.44. The molecule has 3 aromatic carbocycles. The average molecular weight is 577 g/mol. The van der Waals surface area contributed by atoms with Crippen molar-refractivity contribution in [3.63, 3.8) is 0 Å². The van der Waals surface area contributed by atoms with E-state index in [2.05, 4.69) is 26.1 Å². The van der Waals surface area contributed by atoms with Crippen LogP contribution < -0.4 is 16.0 Å². The molecule has 4 N–H and O–H groups in total. The maximum atomic E-state index is 13.7. The minimum absolute atomic E-state index is 0.0961. The van der Waals surface area contributed by atoms with Crippen molar-refractivity contribution >= 4 is 34.2 Å². The second-order valence-corrected chi connectivity index (χ2v) is 10.7. The number of amides is 2. The number of nitrogens with one attached hydrogen (secondary N) is 4. The van der Waals surface area contributed by atoms with Crippen LogP contribution in [0.4, 0.5) is 20.3 Å². The normalized spacial score (nSPS) is 13.8. The lowest BCUT2D eigenvalue weighted by Gasteiger charge is -2.25. The van der Waals surface area contributed by atoms with Crippen molar-refractivity contribution in [2.75, 3.05) is 51.0 Å². The van der Waals surface area contributed by atoms with Crippen LogP contribution in [-0.4, -0.2) is 73.4 Å². The molecule has 0 saturated carbocycles. The molecule has 1 aromatic heterocycles. The van der Waals surface area contributed by atoms with Crippen LogP contribution in [0.2, 0.25) is 0 Å². The Labute approximate surface area is 242 Å². The van der Waals surface area contributed by atoms with Gasteiger partial charge in [0.1, 0.15) is 11.6 Å². The molecule has 2 amide bonds. The van der Waals surface area contributed by atoms with Gasteiger partial charge in [0.05, 0.1) is 11.1 Å². The van der Waals surface area contributed by atoms with E-state index in [9.17, 15) is 18.4 Å². The topological polar surface area (TPSA) is 111 Å². The van der Waals surface area contributed by atoms with E-state index in [4.69, 9.17) is 4.74 Å². The predicted octanol–water partition coefficient (Wildman–Crippen LogP) is 4.57. The van der Waals surface area contributed by atoms with Gasteiger partial charge in [0.15, 0.2) is 5.82 Å². The van der Waals surface area contributed by atoms with Gasteiger partial charge in [-0.3, -0.25) is 14.7 Å². The van der Waals surface area contributed by atoms with Gasteiger partial charge in [0.25, 0.3) is 11.8 Å². The van der Waals surface area contributed by atoms with Crippen molar-refractivity contribution in [2.45, 2.75) is 25.3 Å². The zero-order valence-electron chi connectivity index (χ0n) is 23.6. The van der Waals surface area contributed by atoms with Crippen LogP contribution in [0.3, 0.4) is 0 Å². The molecule has 0 unspecified atom stereocenters. The SMILES string of the molecule is CN(C)CCNC(=O)c1ccc(C(=O)Nc2n[nH]c3ccc(Cc4cc(F)cc(F)c4)cc23)c(NC2CCOCC2)c1. The fourth-order valence-electron chi connectivity index (χ4n) is 4.95. The Hall–Kier alpha value is -4.35. The number of hydrogen-bond donors (Lipinski definition) is 4. The third kappa shape index (κ3) is 7.29. The molecular weight excluding hydrogens is 542 g/mol. The highest BCUT2D eigenvalue weighted by Crippen LogP contribution is 2.27. The molecule has 0 spiro atoms. The first-order chi connectivity index (χ1) is 20.2. The zero-order chi connectivity index (χ0) is 29.6. The van der Waals surface area contributed by atoms with Crippen LogP contribution in [-0.2, 0) is 11.2 Å². The van der Waals surface area contributed by atoms with Crippen molar-refractivity contribution in [1.29, 1.82) is 0 Å². The predicted molar refractivity (Wildman–Crippen MR) is 158 cm³/mol. The van der Waals surface area contributed by atoms with Crippen molar-refractivity contribution in [1.82, 2.24) is 20.4 Å². The molecule has 11 heteroatoms. The average Bonchev–Trinajstić information content (AvgIpc) is 3.34. The number of carbonyl (C=O) groups excluding carboxylic acids is 2. The first kappa shape index (κ1) is 29.2. The summed E-state index contributed by atoms with van der Waals surface area (Å²) in [5.41, 5.74) is 3.36. The number of carbonyl (C=O) groups is 2. The summed E-state index contributed by atoms with van der Waals surface area (Å²) in [4.78, 5) is 28.4. The van der Waals surface area contributed by atoms with Crippen LogP contribution in [0.15, 0.2) is 54.6 Å². The Bertz CT molecular complexity index is 1560. The molecule has 1 aliphatic rings. The summed E-state index contributed by atoms with van der Waals surface area (Å²) in [6.07, 6.45) is 1.87. The van der Waals surface area contributed by atoms with Gasteiger partial charge in [0.2, 0.25) is 0 Å². The van der Waals surface area contributed by atoms with Crippen LogP contribution in [0.1, 0.15) is 44.7 Å². The smallest absolute Gasteiger partial charge is 0.258 e. The van der Waals surface area contributed by atoms with Gasteiger partial charge in [-0.05, 0) is 86.9 Å². The second-order valence-electron chi connectivity index (χ2n) is 10.7. The molecule has 2 heterocycles. The van der Waals surface area contributed by atoms with Gasteiger partial charge in [-0.2, -0.15) is 5.10 Å². The molecule has 0 bridgehead atoms. The minimum Gasteiger partial charge on any atom is -0.381 e. The van der Waals surface area contributed by atoms with Crippen LogP contribution >= 0.6 is 0 Å². The van der Waals surface area contributed by atoms with Crippen molar-refractivity contribution in [3.05, 3.63) is 88.5 Å². The van der Waals surface area contributed by atoms with Crippen molar-refractivity contribution < 1.29 is 23.1 Å². The molecule has 9 nitrogen and oxygen atoms in total. The number of hydrogen-bond acceptors (Lipinski definition) is 6. The number of aromatic nitrogens is 2. The number of H-pyrrole nitrogens is 1. The molecule has 1 saturated heterocycles. The first-order valence-corrected chi connectivity index (χ1v) is 13.9. The second kappa shape index (κ2) is 13.1. The Morgan fingerprint density at radius 3 is 2.48 bits per heavy atom. The lowest BCUT2D eigenvalue weighted by atomic mass is 10.0. The van der Waals surface area contributed by atoms with E-state index in [1.54, 1.807) is 18.2 Å². The summed E-state index contributed by atoms with van der Waals surface area (Å²) in [5, 5.41) is 17.1. The quantitative estimate of drug-likeness (QED) is 0.220. The lowest BCUT2D eigenvalue weighted by molar-refractivity contribution is 0.0903. The number of likely N-dealkylation sites (N-methyl/N-ethyl adjacent to an activating group) is 1. The summed E-state index contributed by atoms with van der Waals surface area (Å²) >= 11 is 0. The summed E-state index contributed by atoms with van der Waals surface area (Å²) in [6, 6.07) is 14.0. The highest BCUT2D eigenvalue weighted by atomic mass is 19.1. The first-order valence-electron chi connectivity index (χ1n) is 13.9. The van der Waals surface area contributed by atoms with Crippen LogP contribution in [0, 0.1) is 11.6 Å². The number of nitrogens with zero attached hydrogens (tertiary/aromatic N) is 2. The molecule has 1 aliphatic heterocycles. The number of halogens is 2. The highest BCUT2D eigenvalue weighted by Gasteiger charge is 2.21. The van der Waals surface area contributed by atoms with Crippen LogP contribution in [0.5, 0.6) is 0 Å². The molecular formula is C31H34F2N6O3. The molecule has 42 heavy (non-hydrogen) atoms. The number of benzene rings is 3. The molecule has 4 aromatic rings. The Balaban J connectivity index is 1.38. The molecule has 0 radical (unpaired) electrons. The van der Waals surface area contributed by atoms with Crippen LogP contribution in [0.25, 0.3) is 10.9 Å². The van der Waals surface area contributed by atoms with E-state index in [0.29, 0.717) is 71.8 Å².